The van der Waals surface area contributed by atoms with Gasteiger partial charge >= 0.3 is 5.97 Å². The van der Waals surface area contributed by atoms with Crippen LogP contribution in [0.3, 0.4) is 0 Å². The van der Waals surface area contributed by atoms with Crippen LogP contribution in [-0.4, -0.2) is 51.5 Å². The van der Waals surface area contributed by atoms with Crippen LogP contribution in [0.25, 0.3) is 5.69 Å². The molecule has 0 aliphatic carbocycles. The smallest absolute Gasteiger partial charge is 0.338 e. The monoisotopic (exact) mass is 329 g/mol. The summed E-state index contributed by atoms with van der Waals surface area (Å²) in [7, 11) is 0. The van der Waals surface area contributed by atoms with Crippen molar-refractivity contribution in [1.82, 2.24) is 14.7 Å². The van der Waals surface area contributed by atoms with E-state index in [1.165, 1.54) is 31.8 Å². The van der Waals surface area contributed by atoms with Gasteiger partial charge in [-0.25, -0.2) is 9.48 Å². The highest BCUT2D eigenvalue weighted by Crippen LogP contribution is 2.18. The molecular formula is C18H23N3O3. The van der Waals surface area contributed by atoms with Crippen molar-refractivity contribution in [2.24, 2.45) is 0 Å². The molecule has 1 N–H and O–H groups in total. The number of nitrogens with zero attached hydrogens (tertiary/aromatic N) is 3. The molecule has 0 radical (unpaired) electrons. The molecule has 2 heterocycles. The van der Waals surface area contributed by atoms with Crippen molar-refractivity contribution in [2.45, 2.75) is 32.2 Å². The Morgan fingerprint density at radius 2 is 2.17 bits per heavy atom. The van der Waals surface area contributed by atoms with Gasteiger partial charge in [-0.15, -0.1) is 0 Å². The van der Waals surface area contributed by atoms with Crippen molar-refractivity contribution in [3.8, 4) is 11.4 Å². The molecule has 1 aliphatic rings. The molecule has 0 bridgehead atoms. The Morgan fingerprint density at radius 3 is 2.79 bits per heavy atom. The van der Waals surface area contributed by atoms with E-state index in [-0.39, 0.29) is 5.56 Å². The minimum absolute atomic E-state index is 0.173. The van der Waals surface area contributed by atoms with Crippen LogP contribution >= 0.6 is 0 Å². The summed E-state index contributed by atoms with van der Waals surface area (Å²) in [4.78, 5) is 13.4. The fourth-order valence-electron chi connectivity index (χ4n) is 3.05. The van der Waals surface area contributed by atoms with Crippen LogP contribution in [0.4, 0.5) is 0 Å². The minimum Gasteiger partial charge on any atom is -0.494 e. The van der Waals surface area contributed by atoms with Crippen LogP contribution in [-0.2, 0) is 0 Å². The van der Waals surface area contributed by atoms with Crippen LogP contribution in [0.2, 0.25) is 0 Å². The molecular weight excluding hydrogens is 306 g/mol. The van der Waals surface area contributed by atoms with Crippen molar-refractivity contribution >= 4 is 5.97 Å². The highest BCUT2D eigenvalue weighted by atomic mass is 16.5. The summed E-state index contributed by atoms with van der Waals surface area (Å²) in [6, 6.07) is 8.22. The molecule has 6 heteroatoms. The maximum atomic E-state index is 10.9. The van der Waals surface area contributed by atoms with Gasteiger partial charge in [-0.1, -0.05) is 0 Å². The first-order valence-electron chi connectivity index (χ1n) is 8.39. The number of benzene rings is 1. The summed E-state index contributed by atoms with van der Waals surface area (Å²) in [6.45, 7) is 5.29. The first kappa shape index (κ1) is 16.5. The van der Waals surface area contributed by atoms with Gasteiger partial charge in [0.2, 0.25) is 0 Å². The van der Waals surface area contributed by atoms with Crippen molar-refractivity contribution in [3.05, 3.63) is 42.2 Å². The lowest BCUT2D eigenvalue weighted by Crippen LogP contribution is -2.28. The average Bonchev–Trinajstić information content (AvgIpc) is 3.22. The molecule has 1 aromatic carbocycles. The number of carboxylic acid groups (broad SMARTS) is 1. The van der Waals surface area contributed by atoms with Gasteiger partial charge in [0.15, 0.2) is 0 Å². The molecule has 128 valence electrons. The van der Waals surface area contributed by atoms with E-state index < -0.39 is 5.97 Å². The predicted octanol–water partition coefficient (Wildman–Crippen LogP) is 2.82. The molecule has 1 fully saturated rings. The molecule has 1 aromatic heterocycles. The van der Waals surface area contributed by atoms with E-state index in [4.69, 9.17) is 9.84 Å². The third kappa shape index (κ3) is 3.94. The number of carboxylic acids is 1. The van der Waals surface area contributed by atoms with Gasteiger partial charge in [-0.05, 0) is 57.0 Å². The SMILES string of the molecule is CC1CCCN1CCCOc1ccc(-n2cc(C(=O)O)cn2)cc1. The first-order chi connectivity index (χ1) is 11.6. The number of hydrogen-bond acceptors (Lipinski definition) is 4. The Bertz CT molecular complexity index is 681. The summed E-state index contributed by atoms with van der Waals surface area (Å²) in [5.41, 5.74) is 0.979. The molecule has 24 heavy (non-hydrogen) atoms. The maximum absolute atomic E-state index is 10.9. The van der Waals surface area contributed by atoms with Crippen molar-refractivity contribution in [3.63, 3.8) is 0 Å². The number of likely N-dealkylation sites (tertiary alicyclic amines) is 1. The summed E-state index contributed by atoms with van der Waals surface area (Å²) < 4.78 is 7.33. The average molecular weight is 329 g/mol. The molecule has 1 atom stereocenters. The zero-order valence-electron chi connectivity index (χ0n) is 13.9. The molecule has 1 unspecified atom stereocenters. The van der Waals surface area contributed by atoms with E-state index in [0.717, 1.165) is 24.4 Å². The summed E-state index contributed by atoms with van der Waals surface area (Å²) in [5, 5.41) is 13.0. The third-order valence-electron chi connectivity index (χ3n) is 4.48. The fraction of sp³-hybridized carbons (Fsp3) is 0.444. The normalized spacial score (nSPS) is 18.0. The van der Waals surface area contributed by atoms with Gasteiger partial charge in [0.1, 0.15) is 5.75 Å². The number of rotatable bonds is 7. The van der Waals surface area contributed by atoms with Gasteiger partial charge in [0.25, 0.3) is 0 Å². The van der Waals surface area contributed by atoms with E-state index in [0.29, 0.717) is 12.6 Å². The lowest BCUT2D eigenvalue weighted by molar-refractivity contribution is 0.0697. The molecule has 3 rings (SSSR count). The molecule has 6 nitrogen and oxygen atoms in total. The standard InChI is InChI=1S/C18H23N3O3/c1-14-4-2-9-20(14)10-3-11-24-17-7-5-16(6-8-17)21-13-15(12-19-21)18(22)23/h5-8,12-14H,2-4,9-11H2,1H3,(H,22,23). The number of ether oxygens (including phenoxy) is 1. The number of carbonyl (C=O) groups is 1. The Morgan fingerprint density at radius 1 is 1.38 bits per heavy atom. The van der Waals surface area contributed by atoms with Crippen LogP contribution in [0, 0.1) is 0 Å². The summed E-state index contributed by atoms with van der Waals surface area (Å²) in [6.07, 6.45) is 6.47. The molecule has 2 aromatic rings. The highest BCUT2D eigenvalue weighted by molar-refractivity contribution is 5.86. The highest BCUT2D eigenvalue weighted by Gasteiger charge is 2.19. The van der Waals surface area contributed by atoms with E-state index >= 15 is 0 Å². The zero-order valence-corrected chi connectivity index (χ0v) is 13.9. The lowest BCUT2D eigenvalue weighted by Gasteiger charge is -2.20. The van der Waals surface area contributed by atoms with Crippen LogP contribution in [0.15, 0.2) is 36.7 Å². The predicted molar refractivity (Wildman–Crippen MR) is 90.9 cm³/mol. The van der Waals surface area contributed by atoms with Crippen molar-refractivity contribution in [1.29, 1.82) is 0 Å². The Hall–Kier alpha value is -2.34. The Labute approximate surface area is 141 Å². The van der Waals surface area contributed by atoms with Gasteiger partial charge in [-0.3, -0.25) is 0 Å². The van der Waals surface area contributed by atoms with Gasteiger partial charge in [0.05, 0.1) is 24.1 Å². The third-order valence-corrected chi connectivity index (χ3v) is 4.48. The van der Waals surface area contributed by atoms with E-state index in [1.807, 2.05) is 24.3 Å². The molecule has 0 amide bonds. The van der Waals surface area contributed by atoms with E-state index in [1.54, 1.807) is 4.68 Å². The van der Waals surface area contributed by atoms with E-state index in [9.17, 15) is 4.79 Å². The molecule has 1 saturated heterocycles. The van der Waals surface area contributed by atoms with Gasteiger partial charge < -0.3 is 14.7 Å². The lowest BCUT2D eigenvalue weighted by atomic mass is 10.2. The molecule has 1 aliphatic heterocycles. The van der Waals surface area contributed by atoms with Crippen molar-refractivity contribution < 1.29 is 14.6 Å². The van der Waals surface area contributed by atoms with Gasteiger partial charge in [-0.2, -0.15) is 5.10 Å². The fourth-order valence-corrected chi connectivity index (χ4v) is 3.05. The number of hydrogen-bond donors (Lipinski definition) is 1. The van der Waals surface area contributed by atoms with E-state index in [2.05, 4.69) is 16.9 Å². The second-order valence-electron chi connectivity index (χ2n) is 6.20. The summed E-state index contributed by atoms with van der Waals surface area (Å²) >= 11 is 0. The summed E-state index contributed by atoms with van der Waals surface area (Å²) in [5.74, 6) is -0.160. The van der Waals surface area contributed by atoms with Crippen LogP contribution in [0.5, 0.6) is 5.75 Å². The van der Waals surface area contributed by atoms with Gasteiger partial charge in [0, 0.05) is 18.8 Å². The topological polar surface area (TPSA) is 67.6 Å². The number of aromatic carboxylic acids is 1. The first-order valence-corrected chi connectivity index (χ1v) is 8.39. The minimum atomic E-state index is -0.978. The maximum Gasteiger partial charge on any atom is 0.338 e. The largest absolute Gasteiger partial charge is 0.494 e. The Balaban J connectivity index is 1.48. The zero-order chi connectivity index (χ0) is 16.9. The van der Waals surface area contributed by atoms with Crippen molar-refractivity contribution in [2.75, 3.05) is 19.7 Å². The quantitative estimate of drug-likeness (QED) is 0.791. The van der Waals surface area contributed by atoms with Crippen LogP contribution < -0.4 is 4.74 Å². The number of aromatic nitrogens is 2. The Kier molecular flexibility index (Phi) is 5.15. The molecule has 0 spiro atoms. The second-order valence-corrected chi connectivity index (χ2v) is 6.20. The van der Waals surface area contributed by atoms with Crippen LogP contribution in [0.1, 0.15) is 36.5 Å². The second kappa shape index (κ2) is 7.49. The molecule has 0 saturated carbocycles.